The lowest BCUT2D eigenvalue weighted by molar-refractivity contribution is -0.123. The Kier molecular flexibility index (Phi) is 6.91. The smallest absolute Gasteiger partial charge is 0.237 e. The van der Waals surface area contributed by atoms with Crippen molar-refractivity contribution in [2.24, 2.45) is 5.73 Å². The lowest BCUT2D eigenvalue weighted by Gasteiger charge is -2.29. The van der Waals surface area contributed by atoms with Crippen LogP contribution < -0.4 is 21.1 Å². The molecule has 0 saturated heterocycles. The Morgan fingerprint density at radius 2 is 1.76 bits per heavy atom. The van der Waals surface area contributed by atoms with Crippen LogP contribution in [0.25, 0.3) is 0 Å². The fourth-order valence-corrected chi connectivity index (χ4v) is 4.60. The van der Waals surface area contributed by atoms with Crippen molar-refractivity contribution in [1.82, 2.24) is 5.32 Å². The lowest BCUT2D eigenvalue weighted by atomic mass is 9.93. The predicted octanol–water partition coefficient (Wildman–Crippen LogP) is 5.60. The molecule has 0 bridgehead atoms. The largest absolute Gasteiger partial charge is 0.457 e. The number of hydrogen-bond donors (Lipinski definition) is 3. The van der Waals surface area contributed by atoms with Crippen LogP contribution in [0.15, 0.2) is 54.6 Å². The van der Waals surface area contributed by atoms with Crippen molar-refractivity contribution in [2.45, 2.75) is 45.7 Å². The van der Waals surface area contributed by atoms with E-state index in [1.165, 1.54) is 16.7 Å². The normalized spacial score (nSPS) is 15.8. The molecule has 172 valence electrons. The zero-order chi connectivity index (χ0) is 23.5. The third kappa shape index (κ3) is 5.49. The van der Waals surface area contributed by atoms with Gasteiger partial charge in [0.05, 0.1) is 12.1 Å². The minimum atomic E-state index is -0.614. The van der Waals surface area contributed by atoms with E-state index in [-0.39, 0.29) is 11.9 Å². The topological polar surface area (TPSA) is 76.4 Å². The molecular weight excluding hydrogens is 434 g/mol. The summed E-state index contributed by atoms with van der Waals surface area (Å²) >= 11 is 5.96. The average Bonchev–Trinajstić information content (AvgIpc) is 2.78. The van der Waals surface area contributed by atoms with E-state index in [0.29, 0.717) is 22.9 Å². The second-order valence-electron chi connectivity index (χ2n) is 8.77. The highest BCUT2D eigenvalue weighted by Crippen LogP contribution is 2.34. The van der Waals surface area contributed by atoms with Crippen LogP contribution >= 0.6 is 11.6 Å². The molecule has 4 rings (SSSR count). The monoisotopic (exact) mass is 463 g/mol. The van der Waals surface area contributed by atoms with E-state index in [1.807, 2.05) is 30.3 Å². The molecule has 1 amide bonds. The third-order valence-electron chi connectivity index (χ3n) is 6.11. The Labute approximate surface area is 200 Å². The summed E-state index contributed by atoms with van der Waals surface area (Å²) in [6, 6.07) is 16.6. The molecule has 33 heavy (non-hydrogen) atoms. The minimum absolute atomic E-state index is 0.131. The molecule has 0 aliphatic carbocycles. The zero-order valence-corrected chi connectivity index (χ0v) is 20.0. The van der Waals surface area contributed by atoms with E-state index in [0.717, 1.165) is 29.8 Å². The minimum Gasteiger partial charge on any atom is -0.457 e. The summed E-state index contributed by atoms with van der Waals surface area (Å²) in [6.45, 7) is 7.01. The first-order valence-corrected chi connectivity index (χ1v) is 11.6. The number of nitrogens with two attached hydrogens (primary N) is 1. The van der Waals surface area contributed by atoms with Gasteiger partial charge >= 0.3 is 0 Å². The van der Waals surface area contributed by atoms with E-state index in [1.54, 1.807) is 12.1 Å². The molecule has 1 aliphatic rings. The molecule has 3 aromatic carbocycles. The summed E-state index contributed by atoms with van der Waals surface area (Å²) in [4.78, 5) is 13.0. The Balaban J connectivity index is 1.48. The predicted molar refractivity (Wildman–Crippen MR) is 134 cm³/mol. The maximum Gasteiger partial charge on any atom is 0.237 e. The number of halogens is 1. The van der Waals surface area contributed by atoms with Crippen LogP contribution in [0.2, 0.25) is 5.02 Å². The molecule has 1 heterocycles. The van der Waals surface area contributed by atoms with Crippen molar-refractivity contribution in [3.8, 4) is 11.5 Å². The maximum absolute atomic E-state index is 13.0. The van der Waals surface area contributed by atoms with Crippen LogP contribution in [-0.4, -0.2) is 18.5 Å². The van der Waals surface area contributed by atoms with Gasteiger partial charge in [0.15, 0.2) is 0 Å². The van der Waals surface area contributed by atoms with Crippen molar-refractivity contribution < 1.29 is 9.53 Å². The first kappa shape index (κ1) is 23.1. The van der Waals surface area contributed by atoms with Gasteiger partial charge in [0, 0.05) is 22.8 Å². The fourth-order valence-electron chi connectivity index (χ4n) is 4.47. The van der Waals surface area contributed by atoms with Crippen molar-refractivity contribution >= 4 is 23.2 Å². The Morgan fingerprint density at radius 3 is 2.45 bits per heavy atom. The SMILES string of the molecule is Cc1cc(C)c(CC(N)C(=O)NC2CCNc3ccc(Oc4ccc(Cl)cc4)cc32)c(C)c1. The van der Waals surface area contributed by atoms with Crippen LogP contribution in [0.5, 0.6) is 11.5 Å². The molecular formula is C27H30ClN3O2. The molecule has 4 N–H and O–H groups in total. The molecule has 3 aromatic rings. The standard InChI is InChI=1S/C27H30ClN3O2/c1-16-12-17(2)22(18(3)13-16)15-24(29)27(32)31-26-10-11-30-25-9-8-21(14-23(25)26)33-20-6-4-19(28)5-7-20/h4-9,12-14,24,26,30H,10-11,15,29H2,1-3H3,(H,31,32). The van der Waals surface area contributed by atoms with Crippen LogP contribution in [0.1, 0.15) is 40.3 Å². The lowest BCUT2D eigenvalue weighted by Crippen LogP contribution is -2.44. The van der Waals surface area contributed by atoms with Gasteiger partial charge in [0.25, 0.3) is 0 Å². The number of amides is 1. The van der Waals surface area contributed by atoms with Crippen LogP contribution in [0, 0.1) is 20.8 Å². The number of fused-ring (bicyclic) bond motifs is 1. The molecule has 0 radical (unpaired) electrons. The highest BCUT2D eigenvalue weighted by atomic mass is 35.5. The van der Waals surface area contributed by atoms with Gasteiger partial charge in [-0.1, -0.05) is 29.3 Å². The van der Waals surface area contributed by atoms with Gasteiger partial charge in [0.2, 0.25) is 5.91 Å². The van der Waals surface area contributed by atoms with E-state index < -0.39 is 6.04 Å². The van der Waals surface area contributed by atoms with E-state index in [2.05, 4.69) is 43.5 Å². The molecule has 0 fully saturated rings. The summed E-state index contributed by atoms with van der Waals surface area (Å²) < 4.78 is 5.99. The number of carbonyl (C=O) groups excluding carboxylic acids is 1. The molecule has 6 heteroatoms. The molecule has 0 saturated carbocycles. The number of ether oxygens (including phenoxy) is 1. The molecule has 0 aromatic heterocycles. The summed E-state index contributed by atoms with van der Waals surface area (Å²) in [5.41, 5.74) is 13.0. The van der Waals surface area contributed by atoms with Crippen molar-refractivity contribution in [2.75, 3.05) is 11.9 Å². The Hall–Kier alpha value is -3.02. The summed E-state index contributed by atoms with van der Waals surface area (Å²) in [7, 11) is 0. The summed E-state index contributed by atoms with van der Waals surface area (Å²) in [5.74, 6) is 1.26. The number of anilines is 1. The van der Waals surface area contributed by atoms with Crippen molar-refractivity contribution in [3.05, 3.63) is 87.4 Å². The Morgan fingerprint density at radius 1 is 1.09 bits per heavy atom. The third-order valence-corrected chi connectivity index (χ3v) is 6.37. The molecule has 1 aliphatic heterocycles. The molecule has 2 unspecified atom stereocenters. The first-order chi connectivity index (χ1) is 15.8. The molecule has 0 spiro atoms. The second kappa shape index (κ2) is 9.86. The van der Waals surface area contributed by atoms with Gasteiger partial charge in [-0.2, -0.15) is 0 Å². The zero-order valence-electron chi connectivity index (χ0n) is 19.2. The number of benzene rings is 3. The van der Waals surface area contributed by atoms with Crippen LogP contribution in [0.4, 0.5) is 5.69 Å². The van der Waals surface area contributed by atoms with Crippen molar-refractivity contribution in [1.29, 1.82) is 0 Å². The fraction of sp³-hybridized carbons (Fsp3) is 0.296. The average molecular weight is 464 g/mol. The highest BCUT2D eigenvalue weighted by molar-refractivity contribution is 6.30. The quantitative estimate of drug-likeness (QED) is 0.444. The van der Waals surface area contributed by atoms with Crippen LogP contribution in [0.3, 0.4) is 0 Å². The number of carbonyl (C=O) groups is 1. The Bertz CT molecular complexity index is 1140. The van der Waals surface area contributed by atoms with Gasteiger partial charge < -0.3 is 21.1 Å². The second-order valence-corrected chi connectivity index (χ2v) is 9.21. The number of hydrogen-bond acceptors (Lipinski definition) is 4. The van der Waals surface area contributed by atoms with Gasteiger partial charge in [-0.3, -0.25) is 4.79 Å². The number of nitrogens with one attached hydrogen (secondary N) is 2. The van der Waals surface area contributed by atoms with E-state index in [4.69, 9.17) is 22.1 Å². The van der Waals surface area contributed by atoms with Gasteiger partial charge in [-0.25, -0.2) is 0 Å². The molecule has 2 atom stereocenters. The van der Waals surface area contributed by atoms with E-state index in [9.17, 15) is 4.79 Å². The van der Waals surface area contributed by atoms with E-state index >= 15 is 0 Å². The van der Waals surface area contributed by atoms with Gasteiger partial charge in [-0.05, 0) is 92.8 Å². The molecule has 5 nitrogen and oxygen atoms in total. The van der Waals surface area contributed by atoms with Gasteiger partial charge in [0.1, 0.15) is 11.5 Å². The van der Waals surface area contributed by atoms with Crippen LogP contribution in [-0.2, 0) is 11.2 Å². The number of rotatable bonds is 6. The summed E-state index contributed by atoms with van der Waals surface area (Å²) in [6.07, 6.45) is 1.29. The van der Waals surface area contributed by atoms with Crippen molar-refractivity contribution in [3.63, 3.8) is 0 Å². The first-order valence-electron chi connectivity index (χ1n) is 11.2. The summed E-state index contributed by atoms with van der Waals surface area (Å²) in [5, 5.41) is 7.22. The van der Waals surface area contributed by atoms with Gasteiger partial charge in [-0.15, -0.1) is 0 Å². The maximum atomic E-state index is 13.0. The highest BCUT2D eigenvalue weighted by Gasteiger charge is 2.25. The number of aryl methyl sites for hydroxylation is 3.